The lowest BCUT2D eigenvalue weighted by Crippen LogP contribution is -2.43. The molecule has 2 aromatic rings. The summed E-state index contributed by atoms with van der Waals surface area (Å²) in [7, 11) is 0. The minimum atomic E-state index is -0.0447. The number of hydrogen-bond donors (Lipinski definition) is 1. The lowest BCUT2D eigenvalue weighted by Gasteiger charge is -2.33. The van der Waals surface area contributed by atoms with E-state index in [9.17, 15) is 4.79 Å². The fraction of sp³-hybridized carbons (Fsp3) is 0.476. The highest BCUT2D eigenvalue weighted by atomic mass is 35.5. The summed E-state index contributed by atoms with van der Waals surface area (Å²) in [6.45, 7) is 5.21. The standard InChI is InChI=1S/C21H26ClN5O2/c22-18-5-3-16(4-6-18)14-23-21(28)17-2-1-9-27(15-17)20-8-7-19(24-25-20)26-10-12-29-13-11-26/h3-8,17H,1-2,9-15H2,(H,23,28)/t17-/m1/s1. The minimum absolute atomic E-state index is 0.0447. The summed E-state index contributed by atoms with van der Waals surface area (Å²) in [4.78, 5) is 17.0. The van der Waals surface area contributed by atoms with E-state index in [4.69, 9.17) is 16.3 Å². The van der Waals surface area contributed by atoms with Gasteiger partial charge in [-0.25, -0.2) is 0 Å². The van der Waals surface area contributed by atoms with Crippen LogP contribution in [-0.4, -0.2) is 55.5 Å². The molecular weight excluding hydrogens is 390 g/mol. The maximum absolute atomic E-state index is 12.7. The Bertz CT molecular complexity index is 809. The first-order chi connectivity index (χ1) is 14.2. The highest BCUT2D eigenvalue weighted by Crippen LogP contribution is 2.23. The summed E-state index contributed by atoms with van der Waals surface area (Å²) in [5, 5.41) is 12.6. The van der Waals surface area contributed by atoms with Crippen molar-refractivity contribution in [3.8, 4) is 0 Å². The van der Waals surface area contributed by atoms with Crippen LogP contribution < -0.4 is 15.1 Å². The average Bonchev–Trinajstić information content (AvgIpc) is 2.79. The topological polar surface area (TPSA) is 70.6 Å². The Kier molecular flexibility index (Phi) is 6.46. The normalized spacial score (nSPS) is 19.8. The SMILES string of the molecule is O=C(NCc1ccc(Cl)cc1)[C@@H]1CCCN(c2ccc(N3CCOCC3)nn2)C1. The van der Waals surface area contributed by atoms with E-state index in [0.29, 0.717) is 18.1 Å². The van der Waals surface area contributed by atoms with Gasteiger partial charge in [0.25, 0.3) is 0 Å². The van der Waals surface area contributed by atoms with E-state index in [1.165, 1.54) is 0 Å². The van der Waals surface area contributed by atoms with Crippen molar-refractivity contribution in [1.29, 1.82) is 0 Å². The smallest absolute Gasteiger partial charge is 0.225 e. The van der Waals surface area contributed by atoms with Crippen molar-refractivity contribution in [1.82, 2.24) is 15.5 Å². The molecule has 8 heteroatoms. The molecule has 2 saturated heterocycles. The third-order valence-electron chi connectivity index (χ3n) is 5.47. The molecule has 4 rings (SSSR count). The van der Waals surface area contributed by atoms with Crippen LogP contribution in [0.2, 0.25) is 5.02 Å². The first kappa shape index (κ1) is 19.9. The van der Waals surface area contributed by atoms with Crippen LogP contribution in [0.15, 0.2) is 36.4 Å². The van der Waals surface area contributed by atoms with Crippen molar-refractivity contribution in [3.63, 3.8) is 0 Å². The zero-order valence-corrected chi connectivity index (χ0v) is 17.1. The first-order valence-electron chi connectivity index (χ1n) is 10.1. The molecule has 29 heavy (non-hydrogen) atoms. The third kappa shape index (κ3) is 5.16. The lowest BCUT2D eigenvalue weighted by atomic mass is 9.97. The molecule has 1 aromatic heterocycles. The maximum Gasteiger partial charge on any atom is 0.225 e. The van der Waals surface area contributed by atoms with Crippen molar-refractivity contribution in [3.05, 3.63) is 47.0 Å². The van der Waals surface area contributed by atoms with Crippen LogP contribution in [0.25, 0.3) is 0 Å². The molecule has 1 amide bonds. The number of ether oxygens (including phenoxy) is 1. The predicted octanol–water partition coefficient (Wildman–Crippen LogP) is 2.50. The largest absolute Gasteiger partial charge is 0.378 e. The quantitative estimate of drug-likeness (QED) is 0.809. The molecule has 1 atom stereocenters. The number of halogens is 1. The van der Waals surface area contributed by atoms with E-state index in [2.05, 4.69) is 25.3 Å². The number of anilines is 2. The number of amides is 1. The van der Waals surface area contributed by atoms with E-state index >= 15 is 0 Å². The van der Waals surface area contributed by atoms with Crippen LogP contribution in [-0.2, 0) is 16.1 Å². The van der Waals surface area contributed by atoms with Crippen molar-refractivity contribution >= 4 is 29.1 Å². The van der Waals surface area contributed by atoms with Crippen molar-refractivity contribution in [2.75, 3.05) is 49.2 Å². The van der Waals surface area contributed by atoms with Gasteiger partial charge in [-0.2, -0.15) is 0 Å². The number of aromatic nitrogens is 2. The maximum atomic E-state index is 12.7. The molecular formula is C21H26ClN5O2. The number of hydrogen-bond acceptors (Lipinski definition) is 6. The van der Waals surface area contributed by atoms with Gasteiger partial charge in [0.15, 0.2) is 11.6 Å². The zero-order chi connectivity index (χ0) is 20.1. The highest BCUT2D eigenvalue weighted by Gasteiger charge is 2.26. The number of carbonyl (C=O) groups is 1. The Labute approximate surface area is 176 Å². The number of rotatable bonds is 5. The lowest BCUT2D eigenvalue weighted by molar-refractivity contribution is -0.125. The van der Waals surface area contributed by atoms with Crippen LogP contribution in [0.3, 0.4) is 0 Å². The van der Waals surface area contributed by atoms with Gasteiger partial charge in [-0.1, -0.05) is 23.7 Å². The molecule has 2 fully saturated rings. The fourth-order valence-electron chi connectivity index (χ4n) is 3.78. The van der Waals surface area contributed by atoms with Gasteiger partial charge in [0.2, 0.25) is 5.91 Å². The predicted molar refractivity (Wildman–Crippen MR) is 113 cm³/mol. The number of benzene rings is 1. The number of morpholine rings is 1. The number of carbonyl (C=O) groups excluding carboxylic acids is 1. The average molecular weight is 416 g/mol. The number of piperidine rings is 1. The van der Waals surface area contributed by atoms with Gasteiger partial charge in [0.05, 0.1) is 19.1 Å². The van der Waals surface area contributed by atoms with E-state index in [-0.39, 0.29) is 11.8 Å². The fourth-order valence-corrected chi connectivity index (χ4v) is 3.91. The van der Waals surface area contributed by atoms with Crippen molar-refractivity contribution in [2.24, 2.45) is 5.92 Å². The molecule has 0 saturated carbocycles. The van der Waals surface area contributed by atoms with Gasteiger partial charge >= 0.3 is 0 Å². The summed E-state index contributed by atoms with van der Waals surface area (Å²) in [5.41, 5.74) is 1.04. The number of nitrogens with one attached hydrogen (secondary N) is 1. The first-order valence-corrected chi connectivity index (χ1v) is 10.5. The van der Waals surface area contributed by atoms with Gasteiger partial charge in [0.1, 0.15) is 0 Å². The van der Waals surface area contributed by atoms with Crippen LogP contribution >= 0.6 is 11.6 Å². The molecule has 1 N–H and O–H groups in total. The molecule has 0 bridgehead atoms. The van der Waals surface area contributed by atoms with Gasteiger partial charge in [0, 0.05) is 37.7 Å². The summed E-state index contributed by atoms with van der Waals surface area (Å²) in [5.74, 6) is 1.75. The van der Waals surface area contributed by atoms with Crippen molar-refractivity contribution < 1.29 is 9.53 Å². The van der Waals surface area contributed by atoms with Crippen LogP contribution in [0.5, 0.6) is 0 Å². The minimum Gasteiger partial charge on any atom is -0.378 e. The molecule has 0 radical (unpaired) electrons. The third-order valence-corrected chi connectivity index (χ3v) is 5.72. The van der Waals surface area contributed by atoms with Gasteiger partial charge < -0.3 is 19.9 Å². The second-order valence-corrected chi connectivity index (χ2v) is 7.92. The summed E-state index contributed by atoms with van der Waals surface area (Å²) in [6.07, 6.45) is 1.86. The van der Waals surface area contributed by atoms with E-state index in [0.717, 1.165) is 62.9 Å². The molecule has 0 aliphatic carbocycles. The Morgan fingerprint density at radius 3 is 2.41 bits per heavy atom. The van der Waals surface area contributed by atoms with E-state index < -0.39 is 0 Å². The molecule has 0 spiro atoms. The van der Waals surface area contributed by atoms with Gasteiger partial charge in [-0.3, -0.25) is 4.79 Å². The molecule has 7 nitrogen and oxygen atoms in total. The molecule has 2 aliphatic heterocycles. The molecule has 1 aromatic carbocycles. The highest BCUT2D eigenvalue weighted by molar-refractivity contribution is 6.30. The Balaban J connectivity index is 1.32. The Hall–Kier alpha value is -2.38. The molecule has 3 heterocycles. The summed E-state index contributed by atoms with van der Waals surface area (Å²) >= 11 is 5.91. The second kappa shape index (κ2) is 9.41. The van der Waals surface area contributed by atoms with Crippen LogP contribution in [0, 0.1) is 5.92 Å². The Morgan fingerprint density at radius 1 is 1.03 bits per heavy atom. The van der Waals surface area contributed by atoms with E-state index in [1.54, 1.807) is 0 Å². The second-order valence-electron chi connectivity index (χ2n) is 7.48. The van der Waals surface area contributed by atoms with Gasteiger partial charge in [-0.15, -0.1) is 10.2 Å². The van der Waals surface area contributed by atoms with E-state index in [1.807, 2.05) is 36.4 Å². The molecule has 154 valence electrons. The summed E-state index contributed by atoms with van der Waals surface area (Å²) < 4.78 is 5.39. The molecule has 0 unspecified atom stereocenters. The van der Waals surface area contributed by atoms with Crippen LogP contribution in [0.1, 0.15) is 18.4 Å². The van der Waals surface area contributed by atoms with Crippen LogP contribution in [0.4, 0.5) is 11.6 Å². The van der Waals surface area contributed by atoms with Gasteiger partial charge in [-0.05, 0) is 42.7 Å². The summed E-state index contributed by atoms with van der Waals surface area (Å²) in [6, 6.07) is 11.6. The monoisotopic (exact) mass is 415 g/mol. The van der Waals surface area contributed by atoms with Crippen molar-refractivity contribution in [2.45, 2.75) is 19.4 Å². The Morgan fingerprint density at radius 2 is 1.72 bits per heavy atom. The zero-order valence-electron chi connectivity index (χ0n) is 16.4. The molecule has 2 aliphatic rings. The number of nitrogens with zero attached hydrogens (tertiary/aromatic N) is 4.